The number of benzene rings is 2. The highest BCUT2D eigenvalue weighted by atomic mass is 32.2. The second kappa shape index (κ2) is 11.3. The van der Waals surface area contributed by atoms with Crippen molar-refractivity contribution in [3.8, 4) is 0 Å². The predicted molar refractivity (Wildman–Crippen MR) is 127 cm³/mol. The summed E-state index contributed by atoms with van der Waals surface area (Å²) in [5.41, 5.74) is 1.57. The second-order valence-corrected chi connectivity index (χ2v) is 9.40. The van der Waals surface area contributed by atoms with E-state index < -0.39 is 10.0 Å². The molecule has 1 aliphatic rings. The fourth-order valence-corrected chi connectivity index (χ4v) is 4.94. The Kier molecular flexibility index (Phi) is 8.43. The van der Waals surface area contributed by atoms with Gasteiger partial charge >= 0.3 is 0 Å². The van der Waals surface area contributed by atoms with Crippen LogP contribution < -0.4 is 10.6 Å². The molecule has 178 valence electrons. The van der Waals surface area contributed by atoms with Gasteiger partial charge in [0.1, 0.15) is 0 Å². The van der Waals surface area contributed by atoms with Crippen molar-refractivity contribution in [2.75, 3.05) is 56.6 Å². The molecule has 1 saturated heterocycles. The van der Waals surface area contributed by atoms with E-state index in [0.29, 0.717) is 56.3 Å². The van der Waals surface area contributed by atoms with Gasteiger partial charge in [0, 0.05) is 37.6 Å². The van der Waals surface area contributed by atoms with E-state index in [-0.39, 0.29) is 23.3 Å². The summed E-state index contributed by atoms with van der Waals surface area (Å²) >= 11 is 0. The maximum atomic E-state index is 12.7. The zero-order valence-corrected chi connectivity index (χ0v) is 19.7. The molecular weight excluding hydrogens is 444 g/mol. The Hall–Kier alpha value is -2.95. The third-order valence-corrected chi connectivity index (χ3v) is 7.31. The first-order valence-electron chi connectivity index (χ1n) is 11.0. The minimum Gasteiger partial charge on any atom is -0.379 e. The van der Waals surface area contributed by atoms with Crippen LogP contribution >= 0.6 is 0 Å². The average molecular weight is 475 g/mol. The molecular formula is C23H30N4O5S. The van der Waals surface area contributed by atoms with Gasteiger partial charge in [0.2, 0.25) is 15.9 Å². The second-order valence-electron chi connectivity index (χ2n) is 7.47. The highest BCUT2D eigenvalue weighted by Crippen LogP contribution is 2.20. The molecule has 0 aromatic heterocycles. The molecule has 1 aliphatic heterocycles. The first-order chi connectivity index (χ1) is 15.9. The minimum atomic E-state index is -3.59. The van der Waals surface area contributed by atoms with E-state index in [1.54, 1.807) is 41.3 Å². The van der Waals surface area contributed by atoms with Gasteiger partial charge in [0.05, 0.1) is 30.2 Å². The summed E-state index contributed by atoms with van der Waals surface area (Å²) < 4.78 is 32.0. The van der Waals surface area contributed by atoms with Crippen LogP contribution in [-0.4, -0.2) is 75.4 Å². The zero-order valence-electron chi connectivity index (χ0n) is 18.9. The Morgan fingerprint density at radius 1 is 1.00 bits per heavy atom. The van der Waals surface area contributed by atoms with Crippen molar-refractivity contribution < 1.29 is 22.7 Å². The summed E-state index contributed by atoms with van der Waals surface area (Å²) in [7, 11) is -3.59. The van der Waals surface area contributed by atoms with Crippen molar-refractivity contribution in [1.82, 2.24) is 9.21 Å². The van der Waals surface area contributed by atoms with Gasteiger partial charge in [-0.2, -0.15) is 4.31 Å². The maximum absolute atomic E-state index is 12.7. The van der Waals surface area contributed by atoms with Crippen LogP contribution in [0.5, 0.6) is 0 Å². The molecule has 3 rings (SSSR count). The van der Waals surface area contributed by atoms with E-state index >= 15 is 0 Å². The number of anilines is 2. The van der Waals surface area contributed by atoms with Crippen molar-refractivity contribution in [2.24, 2.45) is 0 Å². The number of nitrogens with one attached hydrogen (secondary N) is 2. The highest BCUT2D eigenvalue weighted by Gasteiger charge is 2.26. The first-order valence-corrected chi connectivity index (χ1v) is 12.4. The number of hydrogen-bond donors (Lipinski definition) is 2. The van der Waals surface area contributed by atoms with Gasteiger partial charge in [-0.3, -0.25) is 9.59 Å². The average Bonchev–Trinajstić information content (AvgIpc) is 2.84. The number of nitrogens with zero attached hydrogens (tertiary/aromatic N) is 2. The fraction of sp³-hybridized carbons (Fsp3) is 0.391. The standard InChI is InChI=1S/C23H30N4O5S/c1-3-26(4-2)23(29)20-7-5-6-8-21(20)24-17-22(28)25-18-9-11-19(12-10-18)33(30,31)27-13-15-32-16-14-27/h5-12,24H,3-4,13-17H2,1-2H3,(H,25,28). The van der Waals surface area contributed by atoms with Crippen LogP contribution in [-0.2, 0) is 19.6 Å². The van der Waals surface area contributed by atoms with E-state index in [1.807, 2.05) is 13.8 Å². The molecule has 2 aromatic rings. The molecule has 0 atom stereocenters. The summed E-state index contributed by atoms with van der Waals surface area (Å²) in [6, 6.07) is 13.1. The van der Waals surface area contributed by atoms with Crippen LogP contribution in [0.4, 0.5) is 11.4 Å². The Labute approximate surface area is 194 Å². The van der Waals surface area contributed by atoms with E-state index in [4.69, 9.17) is 4.74 Å². The molecule has 2 amide bonds. The van der Waals surface area contributed by atoms with Crippen LogP contribution in [0, 0.1) is 0 Å². The molecule has 2 aromatic carbocycles. The summed E-state index contributed by atoms with van der Waals surface area (Å²) in [5, 5.41) is 5.76. The molecule has 0 aliphatic carbocycles. The molecule has 1 heterocycles. The van der Waals surface area contributed by atoms with Crippen LogP contribution in [0.2, 0.25) is 0 Å². The van der Waals surface area contributed by atoms with Crippen LogP contribution in [0.25, 0.3) is 0 Å². The first kappa shape index (κ1) is 24.7. The number of morpholine rings is 1. The number of rotatable bonds is 9. The molecule has 0 bridgehead atoms. The van der Waals surface area contributed by atoms with Gasteiger partial charge < -0.3 is 20.3 Å². The lowest BCUT2D eigenvalue weighted by Gasteiger charge is -2.26. The molecule has 0 spiro atoms. The lowest BCUT2D eigenvalue weighted by Crippen LogP contribution is -2.40. The molecule has 2 N–H and O–H groups in total. The normalized spacial score (nSPS) is 14.5. The summed E-state index contributed by atoms with van der Waals surface area (Å²) in [4.78, 5) is 27.0. The van der Waals surface area contributed by atoms with E-state index in [2.05, 4.69) is 10.6 Å². The highest BCUT2D eigenvalue weighted by molar-refractivity contribution is 7.89. The smallest absolute Gasteiger partial charge is 0.255 e. The van der Waals surface area contributed by atoms with Crippen molar-refractivity contribution in [3.05, 3.63) is 54.1 Å². The number of sulfonamides is 1. The largest absolute Gasteiger partial charge is 0.379 e. The quantitative estimate of drug-likeness (QED) is 0.577. The minimum absolute atomic E-state index is 0.0453. The maximum Gasteiger partial charge on any atom is 0.255 e. The van der Waals surface area contributed by atoms with Gasteiger partial charge in [-0.1, -0.05) is 12.1 Å². The van der Waals surface area contributed by atoms with Gasteiger partial charge in [-0.15, -0.1) is 0 Å². The number of amides is 2. The Balaban J connectivity index is 1.60. The number of carbonyl (C=O) groups excluding carboxylic acids is 2. The Morgan fingerprint density at radius 3 is 2.27 bits per heavy atom. The lowest BCUT2D eigenvalue weighted by molar-refractivity contribution is -0.114. The molecule has 0 saturated carbocycles. The number of para-hydroxylation sites is 1. The fourth-order valence-electron chi connectivity index (χ4n) is 3.53. The van der Waals surface area contributed by atoms with Crippen molar-refractivity contribution in [2.45, 2.75) is 18.7 Å². The summed E-state index contributed by atoms with van der Waals surface area (Å²) in [5.74, 6) is -0.413. The van der Waals surface area contributed by atoms with E-state index in [9.17, 15) is 18.0 Å². The van der Waals surface area contributed by atoms with Crippen molar-refractivity contribution in [3.63, 3.8) is 0 Å². The summed E-state index contributed by atoms with van der Waals surface area (Å²) in [6.07, 6.45) is 0. The molecule has 0 radical (unpaired) electrons. The number of hydrogen-bond acceptors (Lipinski definition) is 6. The van der Waals surface area contributed by atoms with Crippen molar-refractivity contribution in [1.29, 1.82) is 0 Å². The van der Waals surface area contributed by atoms with Gasteiger partial charge in [0.25, 0.3) is 5.91 Å². The topological polar surface area (TPSA) is 108 Å². The Bertz CT molecular complexity index is 1060. The molecule has 0 unspecified atom stereocenters. The van der Waals surface area contributed by atoms with Gasteiger partial charge in [0.15, 0.2) is 0 Å². The van der Waals surface area contributed by atoms with Crippen LogP contribution in [0.1, 0.15) is 24.2 Å². The van der Waals surface area contributed by atoms with Crippen LogP contribution in [0.3, 0.4) is 0 Å². The Morgan fingerprint density at radius 2 is 1.64 bits per heavy atom. The third kappa shape index (κ3) is 6.10. The number of carbonyl (C=O) groups is 2. The molecule has 9 nitrogen and oxygen atoms in total. The predicted octanol–water partition coefficient (Wildman–Crippen LogP) is 2.24. The summed E-state index contributed by atoms with van der Waals surface area (Å²) in [6.45, 7) is 6.40. The van der Waals surface area contributed by atoms with E-state index in [0.717, 1.165) is 0 Å². The van der Waals surface area contributed by atoms with E-state index in [1.165, 1.54) is 16.4 Å². The van der Waals surface area contributed by atoms with Crippen molar-refractivity contribution >= 4 is 33.2 Å². The SMILES string of the molecule is CCN(CC)C(=O)c1ccccc1NCC(=O)Nc1ccc(S(=O)(=O)N2CCOCC2)cc1. The monoisotopic (exact) mass is 474 g/mol. The van der Waals surface area contributed by atoms with Gasteiger partial charge in [-0.25, -0.2) is 8.42 Å². The third-order valence-electron chi connectivity index (χ3n) is 5.39. The molecule has 10 heteroatoms. The molecule has 1 fully saturated rings. The molecule has 33 heavy (non-hydrogen) atoms. The number of ether oxygens (including phenoxy) is 1. The lowest BCUT2D eigenvalue weighted by atomic mass is 10.1. The van der Waals surface area contributed by atoms with Gasteiger partial charge in [-0.05, 0) is 50.2 Å². The van der Waals surface area contributed by atoms with Crippen LogP contribution in [0.15, 0.2) is 53.4 Å². The zero-order chi connectivity index (χ0) is 23.8.